The zero-order valence-electron chi connectivity index (χ0n) is 14.5. The molecule has 4 nitrogen and oxygen atoms in total. The van der Waals surface area contributed by atoms with Gasteiger partial charge in [0.25, 0.3) is 0 Å². The van der Waals surface area contributed by atoms with E-state index in [4.69, 9.17) is 0 Å². The Kier molecular flexibility index (Phi) is 27.2. The zero-order valence-corrected chi connectivity index (χ0v) is 14.5. The fraction of sp³-hybridized carbons (Fsp3) is 0.867. The Morgan fingerprint density at radius 1 is 1.05 bits per heavy atom. The number of hydrogen-bond acceptors (Lipinski definition) is 4. The van der Waals surface area contributed by atoms with Crippen LogP contribution in [0.3, 0.4) is 0 Å². The molecular weight excluding hydrogens is 236 g/mol. The van der Waals surface area contributed by atoms with Gasteiger partial charge in [-0.15, -0.1) is 5.11 Å². The molecule has 1 aliphatic rings. The molecule has 0 radical (unpaired) electrons. The molecule has 0 aromatic heterocycles. The minimum Gasteiger partial charge on any atom is -0.353 e. The lowest BCUT2D eigenvalue weighted by Gasteiger charge is -2.28. The third kappa shape index (κ3) is 13.3. The number of allylic oxidation sites excluding steroid dienone is 1. The van der Waals surface area contributed by atoms with Crippen molar-refractivity contribution in [1.82, 2.24) is 10.2 Å². The van der Waals surface area contributed by atoms with E-state index in [0.717, 1.165) is 38.5 Å². The van der Waals surface area contributed by atoms with Gasteiger partial charge in [0.15, 0.2) is 0 Å². The van der Waals surface area contributed by atoms with Gasteiger partial charge in [0.05, 0.1) is 6.54 Å². The predicted octanol–water partition coefficient (Wildman–Crippen LogP) is 4.30. The standard InChI is InChI=1S/C9H18N4.3C2H6/c1-3-9(12-11-4-2)13-7-5-10-6-8-13;3*1-2/h3,10H,4-8H2,1-2H3;3*1-2H3/b9-3+,12-11?;;;. The number of hydrogen-bond donors (Lipinski definition) is 1. The Labute approximate surface area is 121 Å². The fourth-order valence-electron chi connectivity index (χ4n) is 1.34. The average molecular weight is 272 g/mol. The molecule has 1 heterocycles. The SMILES string of the molecule is C/C=C(\N=NCC)N1CCNCC1.CC.CC.CC. The van der Waals surface area contributed by atoms with Gasteiger partial charge in [-0.2, -0.15) is 5.11 Å². The summed E-state index contributed by atoms with van der Waals surface area (Å²) >= 11 is 0. The van der Waals surface area contributed by atoms with Gasteiger partial charge < -0.3 is 10.2 Å². The van der Waals surface area contributed by atoms with Crippen LogP contribution in [0.2, 0.25) is 0 Å². The summed E-state index contributed by atoms with van der Waals surface area (Å²) in [5, 5.41) is 11.5. The second-order valence-corrected chi connectivity index (χ2v) is 2.94. The highest BCUT2D eigenvalue weighted by molar-refractivity contribution is 4.97. The number of azo groups is 1. The summed E-state index contributed by atoms with van der Waals surface area (Å²) in [6, 6.07) is 0. The monoisotopic (exact) mass is 272 g/mol. The molecule has 0 aromatic rings. The van der Waals surface area contributed by atoms with Gasteiger partial charge in [-0.05, 0) is 19.9 Å². The summed E-state index contributed by atoms with van der Waals surface area (Å²) in [5.41, 5.74) is 0. The van der Waals surface area contributed by atoms with Crippen LogP contribution in [0, 0.1) is 0 Å². The van der Waals surface area contributed by atoms with Crippen molar-refractivity contribution in [2.45, 2.75) is 55.4 Å². The van der Waals surface area contributed by atoms with E-state index < -0.39 is 0 Å². The fourth-order valence-corrected chi connectivity index (χ4v) is 1.34. The highest BCUT2D eigenvalue weighted by atomic mass is 15.3. The van der Waals surface area contributed by atoms with Gasteiger partial charge >= 0.3 is 0 Å². The van der Waals surface area contributed by atoms with Crippen molar-refractivity contribution in [1.29, 1.82) is 0 Å². The minimum atomic E-state index is 0.753. The molecule has 1 N–H and O–H groups in total. The Balaban J connectivity index is -0.000000375. The number of piperazine rings is 1. The van der Waals surface area contributed by atoms with E-state index in [9.17, 15) is 0 Å². The molecule has 0 unspecified atom stereocenters. The number of nitrogens with zero attached hydrogens (tertiary/aromatic N) is 3. The van der Waals surface area contributed by atoms with Crippen LogP contribution in [0.25, 0.3) is 0 Å². The molecule has 1 aliphatic heterocycles. The van der Waals surface area contributed by atoms with Crippen LogP contribution in [-0.2, 0) is 0 Å². The maximum atomic E-state index is 4.17. The van der Waals surface area contributed by atoms with Gasteiger partial charge in [-0.3, -0.25) is 0 Å². The normalized spacial score (nSPS) is 14.5. The lowest BCUT2D eigenvalue weighted by molar-refractivity contribution is 0.293. The van der Waals surface area contributed by atoms with Crippen LogP contribution >= 0.6 is 0 Å². The van der Waals surface area contributed by atoms with Crippen molar-refractivity contribution in [3.05, 3.63) is 11.9 Å². The first-order chi connectivity index (χ1) is 9.38. The molecular formula is C15H36N4. The molecule has 1 rings (SSSR count). The second kappa shape index (κ2) is 22.3. The van der Waals surface area contributed by atoms with Crippen molar-refractivity contribution >= 4 is 0 Å². The van der Waals surface area contributed by atoms with Crippen molar-refractivity contribution in [3.63, 3.8) is 0 Å². The minimum absolute atomic E-state index is 0.753. The van der Waals surface area contributed by atoms with E-state index >= 15 is 0 Å². The molecule has 1 fully saturated rings. The Morgan fingerprint density at radius 2 is 1.53 bits per heavy atom. The van der Waals surface area contributed by atoms with Gasteiger partial charge in [0, 0.05) is 26.2 Å². The van der Waals surface area contributed by atoms with Crippen LogP contribution in [0.15, 0.2) is 22.1 Å². The Bertz CT molecular complexity index is 194. The number of rotatable bonds is 3. The maximum Gasteiger partial charge on any atom is 0.146 e. The lowest BCUT2D eigenvalue weighted by atomic mass is 10.3. The highest BCUT2D eigenvalue weighted by Gasteiger charge is 2.11. The summed E-state index contributed by atoms with van der Waals surface area (Å²) in [5.74, 6) is 1.00. The molecule has 0 bridgehead atoms. The molecule has 0 saturated carbocycles. The molecule has 0 atom stereocenters. The van der Waals surface area contributed by atoms with E-state index in [-0.39, 0.29) is 0 Å². The third-order valence-electron chi connectivity index (χ3n) is 2.01. The Morgan fingerprint density at radius 3 is 1.89 bits per heavy atom. The van der Waals surface area contributed by atoms with Crippen molar-refractivity contribution in [2.75, 3.05) is 32.7 Å². The molecule has 1 saturated heterocycles. The molecule has 116 valence electrons. The second-order valence-electron chi connectivity index (χ2n) is 2.94. The summed E-state index contributed by atoms with van der Waals surface area (Å²) < 4.78 is 0. The third-order valence-corrected chi connectivity index (χ3v) is 2.01. The summed E-state index contributed by atoms with van der Waals surface area (Å²) in [4.78, 5) is 2.26. The van der Waals surface area contributed by atoms with E-state index in [1.165, 1.54) is 0 Å². The van der Waals surface area contributed by atoms with Crippen molar-refractivity contribution in [2.24, 2.45) is 10.2 Å². The van der Waals surface area contributed by atoms with E-state index in [1.807, 2.05) is 61.5 Å². The van der Waals surface area contributed by atoms with Crippen LogP contribution in [-0.4, -0.2) is 37.6 Å². The topological polar surface area (TPSA) is 40.0 Å². The quantitative estimate of drug-likeness (QED) is 0.778. The van der Waals surface area contributed by atoms with Crippen LogP contribution in [0.5, 0.6) is 0 Å². The highest BCUT2D eigenvalue weighted by Crippen LogP contribution is 2.07. The van der Waals surface area contributed by atoms with Crippen LogP contribution in [0.4, 0.5) is 0 Å². The molecule has 4 heteroatoms. The van der Waals surface area contributed by atoms with Crippen molar-refractivity contribution in [3.8, 4) is 0 Å². The molecule has 0 aliphatic carbocycles. The Hall–Kier alpha value is -0.900. The first kappa shape index (κ1) is 23.2. The van der Waals surface area contributed by atoms with E-state index in [1.54, 1.807) is 0 Å². The van der Waals surface area contributed by atoms with Gasteiger partial charge in [-0.1, -0.05) is 41.5 Å². The zero-order chi connectivity index (χ0) is 15.5. The van der Waals surface area contributed by atoms with E-state index in [2.05, 4.69) is 20.4 Å². The van der Waals surface area contributed by atoms with Crippen LogP contribution < -0.4 is 5.32 Å². The smallest absolute Gasteiger partial charge is 0.146 e. The van der Waals surface area contributed by atoms with Gasteiger partial charge in [0.1, 0.15) is 5.82 Å². The van der Waals surface area contributed by atoms with E-state index in [0.29, 0.717) is 0 Å². The molecule has 19 heavy (non-hydrogen) atoms. The maximum absolute atomic E-state index is 4.17. The first-order valence-electron chi connectivity index (χ1n) is 7.88. The van der Waals surface area contributed by atoms with Crippen molar-refractivity contribution < 1.29 is 0 Å². The molecule has 0 aromatic carbocycles. The van der Waals surface area contributed by atoms with Gasteiger partial charge in [0.2, 0.25) is 0 Å². The summed E-state index contributed by atoms with van der Waals surface area (Å²) in [6.07, 6.45) is 2.02. The predicted molar refractivity (Wildman–Crippen MR) is 87.6 cm³/mol. The molecule has 0 amide bonds. The largest absolute Gasteiger partial charge is 0.353 e. The van der Waals surface area contributed by atoms with Crippen LogP contribution in [0.1, 0.15) is 55.4 Å². The number of nitrogens with one attached hydrogen (secondary N) is 1. The summed E-state index contributed by atoms with van der Waals surface area (Å²) in [7, 11) is 0. The summed E-state index contributed by atoms with van der Waals surface area (Å²) in [6.45, 7) is 20.9. The average Bonchev–Trinajstić information content (AvgIpc) is 2.55. The molecule has 0 spiro atoms. The van der Waals surface area contributed by atoms with Gasteiger partial charge in [-0.25, -0.2) is 0 Å². The lowest BCUT2D eigenvalue weighted by Crippen LogP contribution is -2.42. The first-order valence-corrected chi connectivity index (χ1v) is 7.88.